The number of anilines is 1. The molecule has 0 amide bonds. The molecule has 1 aliphatic heterocycles. The minimum Gasteiger partial charge on any atom is -0.385 e. The van der Waals surface area contributed by atoms with Crippen LogP contribution >= 0.6 is 31.1 Å². The zero-order chi connectivity index (χ0) is 22.1. The molecule has 0 bridgehead atoms. The molecule has 3 heterocycles. The van der Waals surface area contributed by atoms with Crippen LogP contribution in [0.5, 0.6) is 0 Å². The number of nitrogens with one attached hydrogen (secondary N) is 1. The van der Waals surface area contributed by atoms with Crippen molar-refractivity contribution in [1.82, 2.24) is 19.5 Å². The largest absolute Gasteiger partial charge is 0.385 e. The van der Waals surface area contributed by atoms with Gasteiger partial charge in [0.2, 0.25) is 11.3 Å². The number of ether oxygens (including phenoxy) is 1. The number of nitrogens with two attached hydrogens (primary N) is 1. The Balaban J connectivity index is 2.24. The maximum Gasteiger partial charge on any atom is 0.362 e. The lowest BCUT2D eigenvalue weighted by Gasteiger charge is -2.33. The first-order chi connectivity index (χ1) is 13.1. The normalized spacial score (nSPS) is 29.4. The number of hydrogen-bond acceptors (Lipinski definition) is 10. The Hall–Kier alpha value is -1.23. The van der Waals surface area contributed by atoms with Gasteiger partial charge in [-0.05, 0) is 15.9 Å². The topological polar surface area (TPSA) is 275 Å². The number of rotatable bonds is 4. The smallest absolute Gasteiger partial charge is 0.362 e. The number of aromatic nitrogens is 4. The predicted octanol–water partition coefficient (Wildman–Crippen LogP) is -2.92. The molecule has 3 rings (SSSR count). The first-order valence-corrected chi connectivity index (χ1v) is 11.5. The lowest BCUT2D eigenvalue weighted by Crippen LogP contribution is -2.51. The molecule has 19 heteroatoms. The Morgan fingerprint density at radius 1 is 1.28 bits per heavy atom. The van der Waals surface area contributed by atoms with E-state index in [-0.39, 0.29) is 15.9 Å². The first kappa shape index (κ1) is 22.5. The fourth-order valence-electron chi connectivity index (χ4n) is 2.91. The van der Waals surface area contributed by atoms with Crippen molar-refractivity contribution in [2.75, 3.05) is 5.73 Å². The second kappa shape index (κ2) is 6.90. The van der Waals surface area contributed by atoms with Gasteiger partial charge in [0.05, 0.1) is 0 Å². The van der Waals surface area contributed by atoms with Crippen LogP contribution in [0.2, 0.25) is 0 Å². The summed E-state index contributed by atoms with van der Waals surface area (Å²) < 4.78 is 28.9. The highest BCUT2D eigenvalue weighted by atomic mass is 79.9. The Morgan fingerprint density at radius 3 is 2.38 bits per heavy atom. The van der Waals surface area contributed by atoms with E-state index >= 15 is 0 Å². The van der Waals surface area contributed by atoms with Gasteiger partial charge in [0, 0.05) is 0 Å². The van der Waals surface area contributed by atoms with Crippen molar-refractivity contribution in [3.63, 3.8) is 0 Å². The molecule has 29 heavy (non-hydrogen) atoms. The van der Waals surface area contributed by atoms with Crippen LogP contribution < -0.4 is 11.3 Å². The number of nitrogen functional groups attached to an aromatic ring is 1. The van der Waals surface area contributed by atoms with Gasteiger partial charge in [0.15, 0.2) is 28.0 Å². The van der Waals surface area contributed by atoms with Crippen LogP contribution in [-0.4, -0.2) is 77.8 Å². The quantitative estimate of drug-likeness (QED) is 0.144. The molecule has 10 N–H and O–H groups in total. The van der Waals surface area contributed by atoms with Crippen LogP contribution in [-0.2, 0) is 13.9 Å². The van der Waals surface area contributed by atoms with Crippen LogP contribution in [0.3, 0.4) is 0 Å². The second-order valence-corrected chi connectivity index (χ2v) is 10.3. The molecular formula is C10H14BrN5O11P2. The molecule has 0 unspecified atom stereocenters. The van der Waals surface area contributed by atoms with Crippen molar-refractivity contribution in [2.24, 2.45) is 0 Å². The summed E-state index contributed by atoms with van der Waals surface area (Å²) in [6.45, 7) is 0. The van der Waals surface area contributed by atoms with Crippen LogP contribution in [0.25, 0.3) is 11.2 Å². The maximum atomic E-state index is 12.0. The number of H-pyrrole nitrogens is 1. The fourth-order valence-corrected chi connectivity index (χ4v) is 5.23. The molecule has 2 aromatic rings. The first-order valence-electron chi connectivity index (χ1n) is 7.38. The second-order valence-electron chi connectivity index (χ2n) is 6.10. The van der Waals surface area contributed by atoms with E-state index in [1.54, 1.807) is 0 Å². The molecule has 1 fully saturated rings. The number of aromatic amines is 1. The molecule has 162 valence electrons. The standard InChI is InChI=1S/C10H14BrN5O11P2/c11-8-13-1-4(14-9(12)15-5(1)18)16(8)6-2(17)10(20,29(24,25)26)3(27-6)7(19)28(21,22)23/h2-3,6-7,17,19-20H,(H2,21,22,23)(H2,24,25,26)(H3,12,14,15,18)/t2-,3-,6-,7-,10+/m1/s1. The zero-order valence-corrected chi connectivity index (χ0v) is 17.1. The predicted molar refractivity (Wildman–Crippen MR) is 95.2 cm³/mol. The monoisotopic (exact) mass is 521 g/mol. The van der Waals surface area contributed by atoms with E-state index < -0.39 is 56.3 Å². The molecular weight excluding hydrogens is 508 g/mol. The van der Waals surface area contributed by atoms with Gasteiger partial charge < -0.3 is 45.4 Å². The molecule has 0 aliphatic carbocycles. The summed E-state index contributed by atoms with van der Waals surface area (Å²) in [7, 11) is -11.3. The Bertz CT molecular complexity index is 1130. The van der Waals surface area contributed by atoms with Gasteiger partial charge in [-0.2, -0.15) is 4.98 Å². The van der Waals surface area contributed by atoms with Crippen LogP contribution in [0.4, 0.5) is 5.95 Å². The van der Waals surface area contributed by atoms with E-state index in [1.807, 2.05) is 0 Å². The van der Waals surface area contributed by atoms with Gasteiger partial charge >= 0.3 is 15.2 Å². The number of aliphatic hydroxyl groups excluding tert-OH is 2. The van der Waals surface area contributed by atoms with E-state index in [1.165, 1.54) is 0 Å². The van der Waals surface area contributed by atoms with Crippen LogP contribution in [0.1, 0.15) is 6.23 Å². The summed E-state index contributed by atoms with van der Waals surface area (Å²) in [4.78, 5) is 59.1. The third kappa shape index (κ3) is 3.37. The molecule has 0 aromatic carbocycles. The van der Waals surface area contributed by atoms with E-state index in [0.717, 1.165) is 4.57 Å². The van der Waals surface area contributed by atoms with Gasteiger partial charge in [-0.15, -0.1) is 0 Å². The van der Waals surface area contributed by atoms with Gasteiger partial charge in [0.25, 0.3) is 5.56 Å². The summed E-state index contributed by atoms with van der Waals surface area (Å²) in [6, 6.07) is 0. The average molecular weight is 522 g/mol. The Morgan fingerprint density at radius 2 is 1.86 bits per heavy atom. The van der Waals surface area contributed by atoms with Crippen LogP contribution in [0, 0.1) is 0 Å². The number of halogens is 1. The highest BCUT2D eigenvalue weighted by Gasteiger charge is 2.70. The van der Waals surface area contributed by atoms with Crippen molar-refractivity contribution in [3.05, 3.63) is 15.1 Å². The van der Waals surface area contributed by atoms with E-state index in [2.05, 4.69) is 30.9 Å². The van der Waals surface area contributed by atoms with E-state index in [9.17, 15) is 48.8 Å². The maximum absolute atomic E-state index is 12.0. The average Bonchev–Trinajstić information content (AvgIpc) is 3.01. The molecule has 5 atom stereocenters. The summed E-state index contributed by atoms with van der Waals surface area (Å²) >= 11 is 2.93. The number of aliphatic hydroxyl groups is 3. The summed E-state index contributed by atoms with van der Waals surface area (Å²) in [6.07, 6.45) is -7.22. The molecule has 0 saturated carbocycles. The van der Waals surface area contributed by atoms with E-state index in [4.69, 9.17) is 10.5 Å². The number of hydrogen-bond donors (Lipinski definition) is 9. The van der Waals surface area contributed by atoms with Crippen molar-refractivity contribution in [3.8, 4) is 0 Å². The molecule has 16 nitrogen and oxygen atoms in total. The highest BCUT2D eigenvalue weighted by molar-refractivity contribution is 9.10. The molecule has 0 radical (unpaired) electrons. The number of fused-ring (bicyclic) bond motifs is 1. The third-order valence-electron chi connectivity index (χ3n) is 4.27. The number of imidazole rings is 1. The van der Waals surface area contributed by atoms with Gasteiger partial charge in [0.1, 0.15) is 12.2 Å². The van der Waals surface area contributed by atoms with Crippen molar-refractivity contribution < 1.29 is 48.8 Å². The minimum atomic E-state index is -5.78. The van der Waals surface area contributed by atoms with Gasteiger partial charge in [-0.1, -0.05) is 0 Å². The Labute approximate surface area is 167 Å². The van der Waals surface area contributed by atoms with Crippen molar-refractivity contribution >= 4 is 48.2 Å². The van der Waals surface area contributed by atoms with Crippen molar-refractivity contribution in [2.45, 2.75) is 29.6 Å². The molecule has 0 spiro atoms. The van der Waals surface area contributed by atoms with Gasteiger partial charge in [-0.3, -0.25) is 23.5 Å². The summed E-state index contributed by atoms with van der Waals surface area (Å²) in [5.41, 5.74) is 3.92. The fraction of sp³-hybridized carbons (Fsp3) is 0.500. The SMILES string of the molecule is Nc1nc2c(nc(Br)n2[C@@H]2O[C@H]([C@H](O)P(=O)(O)O)[C@@](O)(P(=O)(O)O)[C@@H]2O)c(=O)[nH]1. The van der Waals surface area contributed by atoms with Crippen molar-refractivity contribution in [1.29, 1.82) is 0 Å². The zero-order valence-electron chi connectivity index (χ0n) is 13.8. The molecule has 2 aromatic heterocycles. The van der Waals surface area contributed by atoms with Crippen LogP contribution in [0.15, 0.2) is 9.53 Å². The highest BCUT2D eigenvalue weighted by Crippen LogP contribution is 2.62. The number of nitrogens with zero attached hydrogens (tertiary/aromatic N) is 3. The van der Waals surface area contributed by atoms with E-state index in [0.29, 0.717) is 0 Å². The third-order valence-corrected chi connectivity index (χ3v) is 7.24. The minimum absolute atomic E-state index is 0.278. The lowest BCUT2D eigenvalue weighted by molar-refractivity contribution is -0.0781. The summed E-state index contributed by atoms with van der Waals surface area (Å²) in [5.74, 6) is -3.32. The summed E-state index contributed by atoms with van der Waals surface area (Å²) in [5, 5.41) is 27.2. The molecule has 1 aliphatic rings. The Kier molecular flexibility index (Phi) is 5.34. The lowest BCUT2D eigenvalue weighted by atomic mass is 10.1. The van der Waals surface area contributed by atoms with Gasteiger partial charge in [-0.25, -0.2) is 4.98 Å². The molecule has 1 saturated heterocycles.